The van der Waals surface area contributed by atoms with E-state index in [-0.39, 0.29) is 5.41 Å². The third-order valence-corrected chi connectivity index (χ3v) is 5.50. The molecule has 1 aliphatic heterocycles. The van der Waals surface area contributed by atoms with E-state index in [1.807, 2.05) is 0 Å². The molecule has 1 N–H and O–H groups in total. The third-order valence-electron chi connectivity index (χ3n) is 5.50. The van der Waals surface area contributed by atoms with Crippen molar-refractivity contribution in [2.45, 2.75) is 51.0 Å². The van der Waals surface area contributed by atoms with E-state index in [2.05, 4.69) is 32.3 Å². The number of fused-ring (bicyclic) bond motifs is 1. The summed E-state index contributed by atoms with van der Waals surface area (Å²) >= 11 is 0. The first-order chi connectivity index (χ1) is 10.8. The topological polar surface area (TPSA) is 64.8 Å². The molecule has 2 unspecified atom stereocenters. The van der Waals surface area contributed by atoms with Crippen molar-refractivity contribution in [3.63, 3.8) is 0 Å². The lowest BCUT2D eigenvalue weighted by atomic mass is 9.76. The molecule has 2 aliphatic carbocycles. The van der Waals surface area contributed by atoms with Crippen LogP contribution in [0.5, 0.6) is 0 Å². The first-order valence-corrected chi connectivity index (χ1v) is 8.54. The van der Waals surface area contributed by atoms with Crippen molar-refractivity contribution in [2.24, 2.45) is 11.3 Å². The highest BCUT2D eigenvalue weighted by molar-refractivity contribution is 5.51. The Balaban J connectivity index is 1.55. The first kappa shape index (κ1) is 13.8. The Labute approximate surface area is 131 Å². The van der Waals surface area contributed by atoms with E-state index < -0.39 is 0 Å². The smallest absolute Gasteiger partial charge is 0.134 e. The summed E-state index contributed by atoms with van der Waals surface area (Å²) in [6, 6.07) is 5.32. The van der Waals surface area contributed by atoms with E-state index in [9.17, 15) is 5.26 Å². The van der Waals surface area contributed by atoms with Crippen molar-refractivity contribution in [2.75, 3.05) is 23.3 Å². The Bertz CT molecular complexity index is 591. The predicted octanol–water partition coefficient (Wildman–Crippen LogP) is 2.96. The molecule has 0 amide bonds. The van der Waals surface area contributed by atoms with Gasteiger partial charge in [-0.2, -0.15) is 5.26 Å². The molecule has 4 rings (SSSR count). The van der Waals surface area contributed by atoms with Crippen LogP contribution in [0.25, 0.3) is 0 Å². The molecule has 2 heterocycles. The van der Waals surface area contributed by atoms with Gasteiger partial charge in [-0.15, -0.1) is 0 Å². The molecule has 0 bridgehead atoms. The number of aromatic nitrogens is 2. The Morgan fingerprint density at radius 3 is 2.95 bits per heavy atom. The molecule has 1 aromatic rings. The summed E-state index contributed by atoms with van der Waals surface area (Å²) in [4.78, 5) is 11.1. The second-order valence-corrected chi connectivity index (χ2v) is 7.12. The maximum Gasteiger partial charge on any atom is 0.134 e. The van der Waals surface area contributed by atoms with Gasteiger partial charge in [0, 0.05) is 25.2 Å². The molecule has 2 atom stereocenters. The molecule has 5 heteroatoms. The van der Waals surface area contributed by atoms with Crippen LogP contribution in [0.1, 0.15) is 44.9 Å². The summed E-state index contributed by atoms with van der Waals surface area (Å²) in [7, 11) is 0. The molecule has 3 aliphatic rings. The molecule has 5 nitrogen and oxygen atoms in total. The zero-order valence-electron chi connectivity index (χ0n) is 13.0. The lowest BCUT2D eigenvalue weighted by molar-refractivity contribution is 0.296. The van der Waals surface area contributed by atoms with E-state index in [0.29, 0.717) is 12.0 Å². The van der Waals surface area contributed by atoms with Crippen LogP contribution < -0.4 is 10.2 Å². The fraction of sp³-hybridized carbons (Fsp3) is 0.706. The van der Waals surface area contributed by atoms with Crippen LogP contribution in [0.15, 0.2) is 12.4 Å². The fourth-order valence-electron chi connectivity index (χ4n) is 4.03. The number of anilines is 2. The number of hydrogen-bond donors (Lipinski definition) is 1. The van der Waals surface area contributed by atoms with Crippen LogP contribution in [0, 0.1) is 22.7 Å². The summed E-state index contributed by atoms with van der Waals surface area (Å²) in [5, 5.41) is 13.2. The molecule has 0 spiro atoms. The molecule has 0 aromatic carbocycles. The van der Waals surface area contributed by atoms with Gasteiger partial charge in [0.05, 0.1) is 11.5 Å². The molecule has 3 fully saturated rings. The van der Waals surface area contributed by atoms with E-state index in [1.165, 1.54) is 38.5 Å². The standard InChI is InChI=1S/C17H23N5/c18-10-17-7-3-1-2-4-13(17)9-22(11-17)16-8-15(19-12-20-16)21-14-5-6-14/h8,12-14H,1-7,9,11H2,(H,19,20,21). The zero-order chi connectivity index (χ0) is 15.0. The minimum Gasteiger partial charge on any atom is -0.367 e. The number of hydrogen-bond acceptors (Lipinski definition) is 5. The summed E-state index contributed by atoms with van der Waals surface area (Å²) < 4.78 is 0. The lowest BCUT2D eigenvalue weighted by Gasteiger charge is -2.24. The van der Waals surface area contributed by atoms with Gasteiger partial charge < -0.3 is 10.2 Å². The molecule has 0 radical (unpaired) electrons. The second-order valence-electron chi connectivity index (χ2n) is 7.12. The van der Waals surface area contributed by atoms with Crippen LogP contribution in [-0.2, 0) is 0 Å². The van der Waals surface area contributed by atoms with Gasteiger partial charge in [-0.05, 0) is 31.6 Å². The zero-order valence-corrected chi connectivity index (χ0v) is 13.0. The summed E-state index contributed by atoms with van der Waals surface area (Å²) in [6.45, 7) is 1.79. The van der Waals surface area contributed by atoms with Crippen molar-refractivity contribution in [3.8, 4) is 6.07 Å². The third kappa shape index (κ3) is 2.51. The highest BCUT2D eigenvalue weighted by atomic mass is 15.2. The van der Waals surface area contributed by atoms with Crippen molar-refractivity contribution < 1.29 is 0 Å². The Morgan fingerprint density at radius 1 is 1.23 bits per heavy atom. The van der Waals surface area contributed by atoms with E-state index in [1.54, 1.807) is 6.33 Å². The van der Waals surface area contributed by atoms with Crippen LogP contribution in [0.4, 0.5) is 11.6 Å². The first-order valence-electron chi connectivity index (χ1n) is 8.54. The minimum atomic E-state index is -0.161. The number of nitriles is 1. The van der Waals surface area contributed by atoms with Crippen molar-refractivity contribution in [1.82, 2.24) is 9.97 Å². The number of rotatable bonds is 3. The van der Waals surface area contributed by atoms with Gasteiger partial charge in [0.1, 0.15) is 18.0 Å². The van der Waals surface area contributed by atoms with E-state index in [0.717, 1.165) is 31.1 Å². The number of nitrogens with zero attached hydrogens (tertiary/aromatic N) is 4. The molecule has 1 saturated heterocycles. The monoisotopic (exact) mass is 297 g/mol. The molecular formula is C17H23N5. The summed E-state index contributed by atoms with van der Waals surface area (Å²) in [6.07, 6.45) is 10.1. The average molecular weight is 297 g/mol. The molecule has 22 heavy (non-hydrogen) atoms. The van der Waals surface area contributed by atoms with Crippen molar-refractivity contribution >= 4 is 11.6 Å². The Hall–Kier alpha value is -1.83. The average Bonchev–Trinajstić information content (AvgIpc) is 3.31. The van der Waals surface area contributed by atoms with Crippen LogP contribution in [0.2, 0.25) is 0 Å². The number of nitrogens with one attached hydrogen (secondary N) is 1. The van der Waals surface area contributed by atoms with E-state index in [4.69, 9.17) is 0 Å². The van der Waals surface area contributed by atoms with Gasteiger partial charge in [0.2, 0.25) is 0 Å². The maximum absolute atomic E-state index is 9.80. The quantitative estimate of drug-likeness (QED) is 0.929. The molecule has 116 valence electrons. The highest BCUT2D eigenvalue weighted by Crippen LogP contribution is 2.46. The Morgan fingerprint density at radius 2 is 2.14 bits per heavy atom. The van der Waals surface area contributed by atoms with Crippen LogP contribution in [0.3, 0.4) is 0 Å². The SMILES string of the molecule is N#CC12CCCCCC1CN(c1cc(NC3CC3)ncn1)C2. The summed E-state index contributed by atoms with van der Waals surface area (Å²) in [5.74, 6) is 2.39. The van der Waals surface area contributed by atoms with Gasteiger partial charge >= 0.3 is 0 Å². The lowest BCUT2D eigenvalue weighted by Crippen LogP contribution is -2.28. The Kier molecular flexibility index (Phi) is 3.40. The van der Waals surface area contributed by atoms with Crippen LogP contribution >= 0.6 is 0 Å². The maximum atomic E-state index is 9.80. The predicted molar refractivity (Wildman–Crippen MR) is 85.5 cm³/mol. The van der Waals surface area contributed by atoms with Gasteiger partial charge in [-0.3, -0.25) is 0 Å². The summed E-state index contributed by atoms with van der Waals surface area (Å²) in [5.41, 5.74) is -0.161. The second kappa shape index (κ2) is 5.42. The minimum absolute atomic E-state index is 0.161. The molecule has 1 aromatic heterocycles. The normalized spacial score (nSPS) is 31.2. The van der Waals surface area contributed by atoms with Crippen molar-refractivity contribution in [1.29, 1.82) is 5.26 Å². The van der Waals surface area contributed by atoms with Gasteiger partial charge in [0.25, 0.3) is 0 Å². The van der Waals surface area contributed by atoms with Gasteiger partial charge in [0.15, 0.2) is 0 Å². The molecular weight excluding hydrogens is 274 g/mol. The van der Waals surface area contributed by atoms with Gasteiger partial charge in [-0.1, -0.05) is 19.3 Å². The largest absolute Gasteiger partial charge is 0.367 e. The fourth-order valence-corrected chi connectivity index (χ4v) is 4.03. The van der Waals surface area contributed by atoms with Crippen molar-refractivity contribution in [3.05, 3.63) is 12.4 Å². The van der Waals surface area contributed by atoms with E-state index >= 15 is 0 Å². The highest BCUT2D eigenvalue weighted by Gasteiger charge is 2.47. The molecule has 2 saturated carbocycles. The van der Waals surface area contributed by atoms with Gasteiger partial charge in [-0.25, -0.2) is 9.97 Å². The van der Waals surface area contributed by atoms with Crippen LogP contribution in [-0.4, -0.2) is 29.1 Å².